The van der Waals surface area contributed by atoms with Crippen LogP contribution in [0.4, 0.5) is 5.69 Å². The van der Waals surface area contributed by atoms with E-state index in [2.05, 4.69) is 5.32 Å². The van der Waals surface area contributed by atoms with Gasteiger partial charge in [-0.3, -0.25) is 4.79 Å². The highest BCUT2D eigenvalue weighted by atomic mass is 16.5. The van der Waals surface area contributed by atoms with Crippen molar-refractivity contribution in [2.24, 2.45) is 0 Å². The molecule has 0 aliphatic rings. The second-order valence-electron chi connectivity index (χ2n) is 5.44. The number of carbonyl (C=O) groups excluding carboxylic acids is 2. The van der Waals surface area contributed by atoms with Crippen molar-refractivity contribution in [3.8, 4) is 11.5 Å². The summed E-state index contributed by atoms with van der Waals surface area (Å²) in [6.45, 7) is 2.15. The number of hydrogen-bond donors (Lipinski definition) is 2. The molecule has 6 nitrogen and oxygen atoms in total. The molecule has 2 aromatic rings. The lowest BCUT2D eigenvalue weighted by atomic mass is 10.1. The molecule has 25 heavy (non-hydrogen) atoms. The summed E-state index contributed by atoms with van der Waals surface area (Å²) in [5, 5.41) is 12.5. The highest BCUT2D eigenvalue weighted by Crippen LogP contribution is 2.23. The minimum absolute atomic E-state index is 0.0238. The zero-order valence-electron chi connectivity index (χ0n) is 14.2. The molecule has 2 rings (SSSR count). The summed E-state index contributed by atoms with van der Waals surface area (Å²) in [4.78, 5) is 24.1. The fourth-order valence-corrected chi connectivity index (χ4v) is 2.18. The molecular formula is C19H21NO5. The van der Waals surface area contributed by atoms with E-state index in [9.17, 15) is 14.7 Å². The molecule has 0 unspecified atom stereocenters. The third kappa shape index (κ3) is 5.24. The average Bonchev–Trinajstić information content (AvgIpc) is 2.62. The van der Waals surface area contributed by atoms with Gasteiger partial charge in [0.05, 0.1) is 20.1 Å². The minimum Gasteiger partial charge on any atom is -0.507 e. The van der Waals surface area contributed by atoms with Crippen LogP contribution >= 0.6 is 0 Å². The minimum atomic E-state index is -0.620. The lowest BCUT2D eigenvalue weighted by Crippen LogP contribution is -2.15. The van der Waals surface area contributed by atoms with Gasteiger partial charge in [0, 0.05) is 5.69 Å². The second-order valence-corrected chi connectivity index (χ2v) is 5.44. The number of phenolic OH excluding ortho intramolecular Hbond substituents is 1. The molecular weight excluding hydrogens is 322 g/mol. The lowest BCUT2D eigenvalue weighted by Gasteiger charge is -2.09. The molecule has 0 fully saturated rings. The summed E-state index contributed by atoms with van der Waals surface area (Å²) in [6.07, 6.45) is 0.866. The smallest absolute Gasteiger partial charge is 0.341 e. The molecule has 0 aliphatic carbocycles. The summed E-state index contributed by atoms with van der Waals surface area (Å²) in [5.74, 6) is -0.318. The number of amides is 1. The van der Waals surface area contributed by atoms with E-state index in [0.717, 1.165) is 11.3 Å². The standard InChI is InChI=1S/C19H21NO5/c1-3-10-25-19(23)16-12-14(6-9-17(16)21)20-18(22)11-13-4-7-15(24-2)8-5-13/h4-9,12,21H,3,10-11H2,1-2H3,(H,20,22). The van der Waals surface area contributed by atoms with Crippen molar-refractivity contribution in [3.05, 3.63) is 53.6 Å². The first-order chi connectivity index (χ1) is 12.0. The fourth-order valence-electron chi connectivity index (χ4n) is 2.18. The molecule has 0 atom stereocenters. The van der Waals surface area contributed by atoms with Gasteiger partial charge in [-0.25, -0.2) is 4.79 Å². The first kappa shape index (κ1) is 18.3. The van der Waals surface area contributed by atoms with E-state index >= 15 is 0 Å². The van der Waals surface area contributed by atoms with E-state index in [1.54, 1.807) is 19.2 Å². The monoisotopic (exact) mass is 343 g/mol. The number of nitrogens with one attached hydrogen (secondary N) is 1. The van der Waals surface area contributed by atoms with Crippen LogP contribution in [0, 0.1) is 0 Å². The second kappa shape index (κ2) is 8.73. The van der Waals surface area contributed by atoms with Gasteiger partial charge in [0.15, 0.2) is 0 Å². The molecule has 1 amide bonds. The van der Waals surface area contributed by atoms with Gasteiger partial charge in [-0.1, -0.05) is 19.1 Å². The van der Waals surface area contributed by atoms with Gasteiger partial charge in [0.1, 0.15) is 17.1 Å². The molecule has 0 saturated heterocycles. The first-order valence-corrected chi connectivity index (χ1v) is 7.96. The molecule has 2 aromatic carbocycles. The van der Waals surface area contributed by atoms with Crippen LogP contribution in [0.3, 0.4) is 0 Å². The van der Waals surface area contributed by atoms with Gasteiger partial charge < -0.3 is 19.9 Å². The molecule has 0 heterocycles. The SMILES string of the molecule is CCCOC(=O)c1cc(NC(=O)Cc2ccc(OC)cc2)ccc1O. The maximum absolute atomic E-state index is 12.2. The number of anilines is 1. The Morgan fingerprint density at radius 1 is 1.12 bits per heavy atom. The molecule has 0 bridgehead atoms. The summed E-state index contributed by atoms with van der Waals surface area (Å²) in [5.41, 5.74) is 1.27. The van der Waals surface area contributed by atoms with E-state index in [4.69, 9.17) is 9.47 Å². The lowest BCUT2D eigenvalue weighted by molar-refractivity contribution is -0.115. The van der Waals surface area contributed by atoms with Gasteiger partial charge in [0.25, 0.3) is 0 Å². The Balaban J connectivity index is 2.03. The molecule has 0 saturated carbocycles. The highest BCUT2D eigenvalue weighted by molar-refractivity contribution is 5.97. The maximum atomic E-state index is 12.2. The summed E-state index contributed by atoms with van der Waals surface area (Å²) in [7, 11) is 1.58. The van der Waals surface area contributed by atoms with Crippen LogP contribution < -0.4 is 10.1 Å². The topological polar surface area (TPSA) is 84.9 Å². The van der Waals surface area contributed by atoms with Crippen molar-refractivity contribution in [3.63, 3.8) is 0 Å². The largest absolute Gasteiger partial charge is 0.507 e. The van der Waals surface area contributed by atoms with Crippen LogP contribution in [0.25, 0.3) is 0 Å². The molecule has 0 aromatic heterocycles. The van der Waals surface area contributed by atoms with Crippen molar-refractivity contribution < 1.29 is 24.2 Å². The Hall–Kier alpha value is -3.02. The van der Waals surface area contributed by atoms with Crippen LogP contribution in [0.15, 0.2) is 42.5 Å². The van der Waals surface area contributed by atoms with Gasteiger partial charge in [-0.2, -0.15) is 0 Å². The summed E-state index contributed by atoms with van der Waals surface area (Å²) >= 11 is 0. The number of phenols is 1. The fraction of sp³-hybridized carbons (Fsp3) is 0.263. The Morgan fingerprint density at radius 2 is 1.84 bits per heavy atom. The molecule has 0 radical (unpaired) electrons. The Kier molecular flexibility index (Phi) is 6.39. The van der Waals surface area contributed by atoms with Crippen molar-refractivity contribution in [1.29, 1.82) is 0 Å². The van der Waals surface area contributed by atoms with Crippen LogP contribution in [-0.4, -0.2) is 30.7 Å². The van der Waals surface area contributed by atoms with Crippen molar-refractivity contribution in [2.75, 3.05) is 19.0 Å². The van der Waals surface area contributed by atoms with Crippen LogP contribution in [-0.2, 0) is 16.0 Å². The number of esters is 1. The Bertz CT molecular complexity index is 740. The summed E-state index contributed by atoms with van der Waals surface area (Å²) in [6, 6.07) is 11.5. The molecule has 6 heteroatoms. The number of methoxy groups -OCH3 is 1. The maximum Gasteiger partial charge on any atom is 0.341 e. The third-order valence-corrected chi connectivity index (χ3v) is 3.46. The van der Waals surface area contributed by atoms with E-state index in [-0.39, 0.29) is 30.2 Å². The number of ether oxygens (including phenoxy) is 2. The van der Waals surface area contributed by atoms with Crippen LogP contribution in [0.2, 0.25) is 0 Å². The predicted molar refractivity (Wildman–Crippen MR) is 94.0 cm³/mol. The number of carbonyl (C=O) groups is 2. The number of hydrogen-bond acceptors (Lipinski definition) is 5. The Labute approximate surface area is 146 Å². The quantitative estimate of drug-likeness (QED) is 0.596. The zero-order valence-corrected chi connectivity index (χ0v) is 14.2. The average molecular weight is 343 g/mol. The van der Waals surface area contributed by atoms with Crippen LogP contribution in [0.1, 0.15) is 29.3 Å². The number of benzene rings is 2. The number of aromatic hydroxyl groups is 1. The van der Waals surface area contributed by atoms with Crippen molar-refractivity contribution in [2.45, 2.75) is 19.8 Å². The molecule has 0 aliphatic heterocycles. The van der Waals surface area contributed by atoms with Crippen LogP contribution in [0.5, 0.6) is 11.5 Å². The molecule has 2 N–H and O–H groups in total. The molecule has 132 valence electrons. The number of rotatable bonds is 7. The Morgan fingerprint density at radius 3 is 2.48 bits per heavy atom. The van der Waals surface area contributed by atoms with E-state index in [0.29, 0.717) is 12.1 Å². The predicted octanol–water partition coefficient (Wildman–Crippen LogP) is 3.15. The van der Waals surface area contributed by atoms with Crippen molar-refractivity contribution >= 4 is 17.6 Å². The van der Waals surface area contributed by atoms with E-state index < -0.39 is 5.97 Å². The van der Waals surface area contributed by atoms with Gasteiger partial charge in [0.2, 0.25) is 5.91 Å². The van der Waals surface area contributed by atoms with E-state index in [1.165, 1.54) is 18.2 Å². The first-order valence-electron chi connectivity index (χ1n) is 7.96. The van der Waals surface area contributed by atoms with Gasteiger partial charge >= 0.3 is 5.97 Å². The summed E-state index contributed by atoms with van der Waals surface area (Å²) < 4.78 is 10.1. The highest BCUT2D eigenvalue weighted by Gasteiger charge is 2.14. The van der Waals surface area contributed by atoms with E-state index in [1.807, 2.05) is 19.1 Å². The van der Waals surface area contributed by atoms with Crippen molar-refractivity contribution in [1.82, 2.24) is 0 Å². The normalized spacial score (nSPS) is 10.2. The molecule has 0 spiro atoms. The van der Waals surface area contributed by atoms with Gasteiger partial charge in [-0.05, 0) is 42.3 Å². The van der Waals surface area contributed by atoms with Gasteiger partial charge in [-0.15, -0.1) is 0 Å². The zero-order chi connectivity index (χ0) is 18.2. The third-order valence-electron chi connectivity index (χ3n) is 3.46.